The van der Waals surface area contributed by atoms with Crippen molar-refractivity contribution >= 4 is 39.8 Å². The van der Waals surface area contributed by atoms with E-state index in [0.717, 1.165) is 40.9 Å². The Morgan fingerprint density at radius 2 is 2.22 bits per heavy atom. The predicted molar refractivity (Wildman–Crippen MR) is 84.2 cm³/mol. The first kappa shape index (κ1) is 14.3. The number of nitrogens with zero attached hydrogens (tertiary/aromatic N) is 1. The number of likely N-dealkylation sites (tertiary alicyclic amines) is 1. The number of amides is 1. The van der Waals surface area contributed by atoms with Gasteiger partial charge >= 0.3 is 0 Å². The molecule has 1 aromatic rings. The predicted octanol–water partition coefficient (Wildman–Crippen LogP) is 2.81. The van der Waals surface area contributed by atoms with Gasteiger partial charge in [-0.1, -0.05) is 6.92 Å². The fraction of sp³-hybridized carbons (Fsp3) is 0.615. The quantitative estimate of drug-likeness (QED) is 0.821. The molecule has 0 spiro atoms. The summed E-state index contributed by atoms with van der Waals surface area (Å²) in [7, 11) is 2.16. The topological polar surface area (TPSA) is 32.3 Å². The molecule has 1 N–H and O–H groups in total. The Balaban J connectivity index is 1.86. The highest BCUT2D eigenvalue weighted by atomic mass is 127. The van der Waals surface area contributed by atoms with Crippen LogP contribution in [-0.2, 0) is 0 Å². The summed E-state index contributed by atoms with van der Waals surface area (Å²) in [5.74, 6) is 0.0642. The maximum atomic E-state index is 12.0. The molecule has 0 saturated carbocycles. The number of hydrogen-bond donors (Lipinski definition) is 1. The van der Waals surface area contributed by atoms with E-state index in [4.69, 9.17) is 0 Å². The Hall–Kier alpha value is -0.140. The molecule has 1 saturated heterocycles. The van der Waals surface area contributed by atoms with Crippen LogP contribution in [0.15, 0.2) is 11.4 Å². The van der Waals surface area contributed by atoms with Crippen LogP contribution in [0.3, 0.4) is 0 Å². The van der Waals surface area contributed by atoms with Crippen LogP contribution in [0.4, 0.5) is 0 Å². The molecule has 100 valence electrons. The van der Waals surface area contributed by atoms with Crippen LogP contribution in [0.25, 0.3) is 0 Å². The maximum Gasteiger partial charge on any atom is 0.252 e. The molecule has 0 atom stereocenters. The Labute approximate surface area is 126 Å². The highest BCUT2D eigenvalue weighted by molar-refractivity contribution is 14.1. The molecular formula is C13H19IN2OS. The zero-order valence-corrected chi connectivity index (χ0v) is 13.8. The average molecular weight is 378 g/mol. The highest BCUT2D eigenvalue weighted by Gasteiger charge is 2.29. The van der Waals surface area contributed by atoms with Gasteiger partial charge in [0.2, 0.25) is 0 Å². The van der Waals surface area contributed by atoms with Gasteiger partial charge in [0.05, 0.1) is 8.45 Å². The fourth-order valence-corrected chi connectivity index (χ4v) is 3.49. The van der Waals surface area contributed by atoms with E-state index < -0.39 is 0 Å². The van der Waals surface area contributed by atoms with Crippen LogP contribution in [0.2, 0.25) is 0 Å². The molecule has 0 radical (unpaired) electrons. The molecular weight excluding hydrogens is 359 g/mol. The molecule has 2 heterocycles. The normalized spacial score (nSPS) is 19.7. The third-order valence-electron chi connectivity index (χ3n) is 3.70. The Morgan fingerprint density at radius 1 is 1.56 bits per heavy atom. The van der Waals surface area contributed by atoms with E-state index in [1.165, 1.54) is 0 Å². The van der Waals surface area contributed by atoms with Crippen molar-refractivity contribution in [1.82, 2.24) is 10.2 Å². The van der Waals surface area contributed by atoms with Gasteiger partial charge < -0.3 is 10.2 Å². The van der Waals surface area contributed by atoms with Crippen molar-refractivity contribution in [2.24, 2.45) is 5.41 Å². The summed E-state index contributed by atoms with van der Waals surface area (Å²) in [5.41, 5.74) is 1.05. The molecule has 0 aliphatic carbocycles. The van der Waals surface area contributed by atoms with Crippen molar-refractivity contribution in [2.45, 2.75) is 19.8 Å². The lowest BCUT2D eigenvalue weighted by Crippen LogP contribution is -2.43. The minimum Gasteiger partial charge on any atom is -0.351 e. The van der Waals surface area contributed by atoms with Gasteiger partial charge in [-0.3, -0.25) is 4.79 Å². The number of nitrogens with one attached hydrogen (secondary N) is 1. The van der Waals surface area contributed by atoms with E-state index >= 15 is 0 Å². The van der Waals surface area contributed by atoms with Gasteiger partial charge in [-0.2, -0.15) is 0 Å². The van der Waals surface area contributed by atoms with Crippen molar-refractivity contribution in [3.63, 3.8) is 0 Å². The molecule has 1 aliphatic heterocycles. The van der Waals surface area contributed by atoms with Gasteiger partial charge in [-0.25, -0.2) is 0 Å². The van der Waals surface area contributed by atoms with Crippen LogP contribution < -0.4 is 5.32 Å². The van der Waals surface area contributed by atoms with Gasteiger partial charge in [-0.05, 0) is 67.1 Å². The number of carbonyl (C=O) groups excluding carboxylic acids is 1. The third-order valence-corrected chi connectivity index (χ3v) is 5.49. The number of rotatable bonds is 3. The zero-order chi connectivity index (χ0) is 13.2. The number of halogens is 1. The number of hydrogen-bond acceptors (Lipinski definition) is 3. The standard InChI is InChI=1S/C13H19IN2OS/c1-13(3-5-16(2)6-4-13)9-15-12(17)10-7-11(14)18-8-10/h7-8H,3-6,9H2,1-2H3,(H,15,17). The van der Waals surface area contributed by atoms with E-state index in [1.807, 2.05) is 11.4 Å². The van der Waals surface area contributed by atoms with Crippen molar-refractivity contribution in [3.8, 4) is 0 Å². The van der Waals surface area contributed by atoms with Crippen LogP contribution in [0, 0.1) is 8.30 Å². The van der Waals surface area contributed by atoms with Gasteiger partial charge in [0, 0.05) is 11.9 Å². The van der Waals surface area contributed by atoms with E-state index in [-0.39, 0.29) is 11.3 Å². The number of thiophene rings is 1. The van der Waals surface area contributed by atoms with Gasteiger partial charge in [-0.15, -0.1) is 11.3 Å². The first-order valence-corrected chi connectivity index (χ1v) is 8.15. The van der Waals surface area contributed by atoms with Crippen LogP contribution in [-0.4, -0.2) is 37.5 Å². The minimum atomic E-state index is 0.0642. The minimum absolute atomic E-state index is 0.0642. The van der Waals surface area contributed by atoms with Gasteiger partial charge in [0.1, 0.15) is 0 Å². The third kappa shape index (κ3) is 3.68. The molecule has 1 aliphatic rings. The van der Waals surface area contributed by atoms with Crippen molar-refractivity contribution in [1.29, 1.82) is 0 Å². The zero-order valence-electron chi connectivity index (χ0n) is 10.8. The molecule has 0 bridgehead atoms. The van der Waals surface area contributed by atoms with E-state index in [2.05, 4.69) is 46.8 Å². The Morgan fingerprint density at radius 3 is 2.78 bits per heavy atom. The monoisotopic (exact) mass is 378 g/mol. The van der Waals surface area contributed by atoms with Gasteiger partial charge in [0.15, 0.2) is 0 Å². The SMILES string of the molecule is CN1CCC(C)(CNC(=O)c2csc(I)c2)CC1. The molecule has 1 aromatic heterocycles. The Kier molecular flexibility index (Phi) is 4.66. The summed E-state index contributed by atoms with van der Waals surface area (Å²) in [6.45, 7) is 5.31. The van der Waals surface area contributed by atoms with E-state index in [1.54, 1.807) is 11.3 Å². The molecule has 1 amide bonds. The van der Waals surface area contributed by atoms with Crippen molar-refractivity contribution < 1.29 is 4.79 Å². The van der Waals surface area contributed by atoms with Gasteiger partial charge in [0.25, 0.3) is 5.91 Å². The van der Waals surface area contributed by atoms with E-state index in [0.29, 0.717) is 0 Å². The lowest BCUT2D eigenvalue weighted by molar-refractivity contribution is 0.0892. The summed E-state index contributed by atoms with van der Waals surface area (Å²) >= 11 is 3.86. The fourth-order valence-electron chi connectivity index (χ4n) is 2.16. The Bertz CT molecular complexity index is 424. The summed E-state index contributed by atoms with van der Waals surface area (Å²) < 4.78 is 1.16. The molecule has 2 rings (SSSR count). The van der Waals surface area contributed by atoms with Crippen molar-refractivity contribution in [3.05, 3.63) is 19.9 Å². The largest absolute Gasteiger partial charge is 0.351 e. The lowest BCUT2D eigenvalue weighted by Gasteiger charge is -2.37. The second kappa shape index (κ2) is 5.88. The number of piperidine rings is 1. The van der Waals surface area contributed by atoms with Crippen molar-refractivity contribution in [2.75, 3.05) is 26.7 Å². The molecule has 0 aromatic carbocycles. The summed E-state index contributed by atoms with van der Waals surface area (Å²) in [5, 5.41) is 5.01. The molecule has 5 heteroatoms. The second-order valence-electron chi connectivity index (χ2n) is 5.44. The molecule has 1 fully saturated rings. The van der Waals surface area contributed by atoms with E-state index in [9.17, 15) is 4.79 Å². The molecule has 3 nitrogen and oxygen atoms in total. The first-order valence-electron chi connectivity index (χ1n) is 6.19. The van der Waals surface area contributed by atoms with Crippen LogP contribution in [0.1, 0.15) is 30.1 Å². The number of carbonyl (C=O) groups is 1. The smallest absolute Gasteiger partial charge is 0.252 e. The first-order chi connectivity index (χ1) is 8.48. The summed E-state index contributed by atoms with van der Waals surface area (Å²) in [6.07, 6.45) is 2.32. The summed E-state index contributed by atoms with van der Waals surface area (Å²) in [4.78, 5) is 14.3. The molecule has 18 heavy (non-hydrogen) atoms. The second-order valence-corrected chi connectivity index (χ2v) is 8.24. The lowest BCUT2D eigenvalue weighted by atomic mass is 9.80. The van der Waals surface area contributed by atoms with Crippen LogP contribution >= 0.6 is 33.9 Å². The summed E-state index contributed by atoms with van der Waals surface area (Å²) in [6, 6.07) is 1.94. The van der Waals surface area contributed by atoms with Crippen LogP contribution in [0.5, 0.6) is 0 Å². The molecule has 0 unspecified atom stereocenters. The average Bonchev–Trinajstić information content (AvgIpc) is 2.77. The maximum absolute atomic E-state index is 12.0. The highest BCUT2D eigenvalue weighted by Crippen LogP contribution is 2.29.